The Balaban J connectivity index is 2.51. The number of halogens is 4. The summed E-state index contributed by atoms with van der Waals surface area (Å²) in [5, 5.41) is -0.411. The molecule has 0 saturated carbocycles. The first kappa shape index (κ1) is 12.0. The van der Waals surface area contributed by atoms with Crippen molar-refractivity contribution < 1.29 is 13.2 Å². The molecule has 15 heavy (non-hydrogen) atoms. The highest BCUT2D eigenvalue weighted by Gasteiger charge is 2.28. The Bertz CT molecular complexity index is 332. The maximum Gasteiger partial charge on any atom is 0.395 e. The van der Waals surface area contributed by atoms with E-state index in [0.29, 0.717) is 0 Å². The van der Waals surface area contributed by atoms with Gasteiger partial charge in [-0.2, -0.15) is 13.2 Å². The molecule has 0 atom stereocenters. The lowest BCUT2D eigenvalue weighted by Crippen LogP contribution is -2.11. The highest BCUT2D eigenvalue weighted by atomic mass is 35.5. The Labute approximate surface area is 90.6 Å². The molecule has 0 spiro atoms. The Kier molecular flexibility index (Phi) is 4.15. The maximum absolute atomic E-state index is 11.9. The SMILES string of the molecule is FC(F)(F)CC(Cl)=NCc1ccccc1. The summed E-state index contributed by atoms with van der Waals surface area (Å²) in [6, 6.07) is 8.97. The molecule has 1 aromatic carbocycles. The molecule has 1 rings (SSSR count). The van der Waals surface area contributed by atoms with Gasteiger partial charge in [-0.3, -0.25) is 4.99 Å². The fraction of sp³-hybridized carbons (Fsp3) is 0.300. The van der Waals surface area contributed by atoms with Gasteiger partial charge in [0.1, 0.15) is 5.17 Å². The molecule has 0 radical (unpaired) electrons. The monoisotopic (exact) mass is 235 g/mol. The molecule has 0 aromatic heterocycles. The van der Waals surface area contributed by atoms with Crippen LogP contribution in [0.2, 0.25) is 0 Å². The van der Waals surface area contributed by atoms with Crippen LogP contribution in [0.3, 0.4) is 0 Å². The molecule has 0 fully saturated rings. The molecule has 0 N–H and O–H groups in total. The van der Waals surface area contributed by atoms with Crippen molar-refractivity contribution in [3.63, 3.8) is 0 Å². The fourth-order valence-corrected chi connectivity index (χ4v) is 1.19. The van der Waals surface area contributed by atoms with Gasteiger partial charge in [-0.05, 0) is 5.56 Å². The third-order valence-electron chi connectivity index (χ3n) is 1.62. The fourth-order valence-electron chi connectivity index (χ4n) is 0.982. The number of hydrogen-bond acceptors (Lipinski definition) is 1. The van der Waals surface area contributed by atoms with E-state index in [0.717, 1.165) is 5.56 Å². The molecule has 82 valence electrons. The second-order valence-electron chi connectivity index (χ2n) is 2.97. The molecule has 0 saturated heterocycles. The van der Waals surface area contributed by atoms with E-state index in [1.54, 1.807) is 24.3 Å². The number of aliphatic imine (C=N–C) groups is 1. The van der Waals surface area contributed by atoms with Crippen molar-refractivity contribution >= 4 is 16.8 Å². The molecule has 0 heterocycles. The summed E-state index contributed by atoms with van der Waals surface area (Å²) in [6.45, 7) is 0.176. The minimum atomic E-state index is -4.29. The Morgan fingerprint density at radius 2 is 1.80 bits per heavy atom. The van der Waals surface area contributed by atoms with E-state index in [4.69, 9.17) is 11.6 Å². The number of rotatable bonds is 3. The molecule has 0 amide bonds. The summed E-state index contributed by atoms with van der Waals surface area (Å²) >= 11 is 5.35. The predicted molar refractivity (Wildman–Crippen MR) is 54.1 cm³/mol. The van der Waals surface area contributed by atoms with Crippen LogP contribution in [-0.2, 0) is 6.54 Å². The van der Waals surface area contributed by atoms with Crippen LogP contribution in [-0.4, -0.2) is 11.3 Å². The standard InChI is InChI=1S/C10H9ClF3N/c11-9(6-10(12,13)14)15-7-8-4-2-1-3-5-8/h1-5H,6-7H2. The lowest BCUT2D eigenvalue weighted by atomic mass is 10.2. The molecule has 1 nitrogen and oxygen atoms in total. The zero-order valence-electron chi connectivity index (χ0n) is 7.76. The van der Waals surface area contributed by atoms with E-state index in [9.17, 15) is 13.2 Å². The highest BCUT2D eigenvalue weighted by molar-refractivity contribution is 6.65. The van der Waals surface area contributed by atoms with Crippen molar-refractivity contribution in [2.24, 2.45) is 4.99 Å². The Morgan fingerprint density at radius 1 is 1.20 bits per heavy atom. The maximum atomic E-state index is 11.9. The number of nitrogens with zero attached hydrogens (tertiary/aromatic N) is 1. The highest BCUT2D eigenvalue weighted by Crippen LogP contribution is 2.21. The van der Waals surface area contributed by atoms with Crippen LogP contribution in [0.15, 0.2) is 35.3 Å². The summed E-state index contributed by atoms with van der Waals surface area (Å²) < 4.78 is 35.6. The topological polar surface area (TPSA) is 12.4 Å². The van der Waals surface area contributed by atoms with Gasteiger partial charge in [-0.25, -0.2) is 0 Å². The molecule has 5 heteroatoms. The van der Waals surface area contributed by atoms with Crippen molar-refractivity contribution in [1.82, 2.24) is 0 Å². The second-order valence-corrected chi connectivity index (χ2v) is 3.41. The first-order valence-electron chi connectivity index (χ1n) is 4.27. The molecule has 0 aliphatic carbocycles. The van der Waals surface area contributed by atoms with Gasteiger partial charge in [0.2, 0.25) is 0 Å². The van der Waals surface area contributed by atoms with Crippen molar-refractivity contribution in [2.75, 3.05) is 0 Å². The van der Waals surface area contributed by atoms with Gasteiger partial charge >= 0.3 is 6.18 Å². The summed E-state index contributed by atoms with van der Waals surface area (Å²) in [5.74, 6) is 0. The average molecular weight is 236 g/mol. The van der Waals surface area contributed by atoms with Gasteiger partial charge in [-0.15, -0.1) is 0 Å². The Hall–Kier alpha value is -1.03. The van der Waals surface area contributed by atoms with E-state index >= 15 is 0 Å². The van der Waals surface area contributed by atoms with E-state index in [-0.39, 0.29) is 6.54 Å². The van der Waals surface area contributed by atoms with Crippen molar-refractivity contribution in [3.05, 3.63) is 35.9 Å². The first-order chi connectivity index (χ1) is 6.97. The van der Waals surface area contributed by atoms with Crippen LogP contribution >= 0.6 is 11.6 Å². The van der Waals surface area contributed by atoms with Gasteiger partial charge < -0.3 is 0 Å². The normalized spacial score (nSPS) is 12.9. The van der Waals surface area contributed by atoms with Crippen LogP contribution in [0.25, 0.3) is 0 Å². The minimum absolute atomic E-state index is 0.176. The zero-order valence-corrected chi connectivity index (χ0v) is 8.52. The summed E-state index contributed by atoms with van der Waals surface area (Å²) in [6.07, 6.45) is -5.46. The van der Waals surface area contributed by atoms with Crippen molar-refractivity contribution in [3.8, 4) is 0 Å². The molecular formula is C10H9ClF3N. The van der Waals surface area contributed by atoms with Crippen molar-refractivity contribution in [1.29, 1.82) is 0 Å². The number of hydrogen-bond donors (Lipinski definition) is 0. The molecule has 0 aliphatic rings. The van der Waals surface area contributed by atoms with Crippen LogP contribution in [0.5, 0.6) is 0 Å². The largest absolute Gasteiger partial charge is 0.395 e. The molecule has 1 aromatic rings. The summed E-state index contributed by atoms with van der Waals surface area (Å²) in [7, 11) is 0. The Morgan fingerprint density at radius 3 is 2.33 bits per heavy atom. The molecule has 0 aliphatic heterocycles. The smallest absolute Gasteiger partial charge is 0.272 e. The predicted octanol–water partition coefficient (Wildman–Crippen LogP) is 3.78. The first-order valence-corrected chi connectivity index (χ1v) is 4.65. The molecular weight excluding hydrogens is 227 g/mol. The van der Waals surface area contributed by atoms with Gasteiger partial charge in [0.15, 0.2) is 0 Å². The third-order valence-corrected chi connectivity index (χ3v) is 1.88. The van der Waals surface area contributed by atoms with Gasteiger partial charge in [0.05, 0.1) is 13.0 Å². The zero-order chi connectivity index (χ0) is 11.3. The molecule has 0 unspecified atom stereocenters. The summed E-state index contributed by atoms with van der Waals surface area (Å²) in [4.78, 5) is 3.64. The van der Waals surface area contributed by atoms with Gasteiger partial charge in [-0.1, -0.05) is 41.9 Å². The number of benzene rings is 1. The van der Waals surface area contributed by atoms with Crippen molar-refractivity contribution in [2.45, 2.75) is 19.1 Å². The average Bonchev–Trinajstić information content (AvgIpc) is 2.14. The van der Waals surface area contributed by atoms with Crippen LogP contribution < -0.4 is 0 Å². The van der Waals surface area contributed by atoms with Crippen LogP contribution in [0.4, 0.5) is 13.2 Å². The second kappa shape index (κ2) is 5.16. The van der Waals surface area contributed by atoms with E-state index in [2.05, 4.69) is 4.99 Å². The van der Waals surface area contributed by atoms with E-state index in [1.165, 1.54) is 0 Å². The van der Waals surface area contributed by atoms with Gasteiger partial charge in [0, 0.05) is 0 Å². The van der Waals surface area contributed by atoms with Gasteiger partial charge in [0.25, 0.3) is 0 Å². The van der Waals surface area contributed by atoms with E-state index in [1.807, 2.05) is 6.07 Å². The lowest BCUT2D eigenvalue weighted by Gasteiger charge is -2.03. The quantitative estimate of drug-likeness (QED) is 0.707. The van der Waals surface area contributed by atoms with Crippen LogP contribution in [0, 0.1) is 0 Å². The van der Waals surface area contributed by atoms with Crippen LogP contribution in [0.1, 0.15) is 12.0 Å². The summed E-state index contributed by atoms with van der Waals surface area (Å²) in [5.41, 5.74) is 0.831. The number of alkyl halides is 3. The minimum Gasteiger partial charge on any atom is -0.272 e. The van der Waals surface area contributed by atoms with E-state index < -0.39 is 17.8 Å². The third kappa shape index (κ3) is 5.42. The lowest BCUT2D eigenvalue weighted by molar-refractivity contribution is -0.120. The molecule has 0 bridgehead atoms.